The number of benzene rings is 2. The Bertz CT molecular complexity index is 717. The third kappa shape index (κ3) is 4.19. The molecule has 2 N–H and O–H groups in total. The fourth-order valence-corrected chi connectivity index (χ4v) is 2.58. The van der Waals surface area contributed by atoms with Crippen molar-refractivity contribution in [3.8, 4) is 11.5 Å². The van der Waals surface area contributed by atoms with E-state index in [0.717, 1.165) is 16.9 Å². The number of halogens is 1. The first-order chi connectivity index (χ1) is 11.6. The molecule has 3 rings (SSSR count). The summed E-state index contributed by atoms with van der Waals surface area (Å²) < 4.78 is 10.6. The Morgan fingerprint density at radius 1 is 1.17 bits per heavy atom. The molecule has 6 heteroatoms. The van der Waals surface area contributed by atoms with Crippen LogP contribution in [0.2, 0.25) is 5.02 Å². The number of hydrogen-bond acceptors (Lipinski definition) is 4. The molecule has 0 fully saturated rings. The van der Waals surface area contributed by atoms with E-state index in [9.17, 15) is 9.90 Å². The van der Waals surface area contributed by atoms with Gasteiger partial charge in [-0.25, -0.2) is 0 Å². The Labute approximate surface area is 145 Å². The molecule has 5 nitrogen and oxygen atoms in total. The van der Waals surface area contributed by atoms with Gasteiger partial charge in [-0.2, -0.15) is 0 Å². The maximum atomic E-state index is 11.9. The summed E-state index contributed by atoms with van der Waals surface area (Å²) in [5.41, 5.74) is 1.73. The van der Waals surface area contributed by atoms with E-state index in [0.29, 0.717) is 23.6 Å². The number of carbonyl (C=O) groups is 1. The van der Waals surface area contributed by atoms with E-state index in [1.165, 1.54) is 0 Å². The smallest absolute Gasteiger partial charge is 0.231 e. The van der Waals surface area contributed by atoms with Crippen molar-refractivity contribution in [1.82, 2.24) is 5.32 Å². The second kappa shape index (κ2) is 7.55. The summed E-state index contributed by atoms with van der Waals surface area (Å²) in [4.78, 5) is 11.9. The summed E-state index contributed by atoms with van der Waals surface area (Å²) in [7, 11) is 0. The normalized spacial score (nSPS) is 13.6. The molecular weight excluding hydrogens is 330 g/mol. The highest BCUT2D eigenvalue weighted by atomic mass is 35.5. The van der Waals surface area contributed by atoms with Crippen LogP contribution in [0.1, 0.15) is 23.7 Å². The topological polar surface area (TPSA) is 67.8 Å². The Morgan fingerprint density at radius 2 is 1.92 bits per heavy atom. The second-order valence-corrected chi connectivity index (χ2v) is 6.00. The van der Waals surface area contributed by atoms with Crippen LogP contribution in [0.25, 0.3) is 0 Å². The number of amides is 1. The Hall–Kier alpha value is -2.24. The highest BCUT2D eigenvalue weighted by Crippen LogP contribution is 2.32. The molecule has 0 bridgehead atoms. The van der Waals surface area contributed by atoms with Crippen molar-refractivity contribution in [1.29, 1.82) is 0 Å². The van der Waals surface area contributed by atoms with Crippen LogP contribution in [0.3, 0.4) is 0 Å². The fourth-order valence-electron chi connectivity index (χ4n) is 2.46. The lowest BCUT2D eigenvalue weighted by Crippen LogP contribution is -2.28. The first-order valence-corrected chi connectivity index (χ1v) is 8.08. The van der Waals surface area contributed by atoms with Gasteiger partial charge in [0.1, 0.15) is 0 Å². The Morgan fingerprint density at radius 3 is 2.71 bits per heavy atom. The molecular formula is C18H18ClNO4. The summed E-state index contributed by atoms with van der Waals surface area (Å²) in [5, 5.41) is 13.4. The lowest BCUT2D eigenvalue weighted by Gasteiger charge is -2.12. The van der Waals surface area contributed by atoms with Gasteiger partial charge in [0, 0.05) is 18.0 Å². The van der Waals surface area contributed by atoms with Gasteiger partial charge in [0.15, 0.2) is 11.5 Å². The number of ether oxygens (including phenoxy) is 2. The molecule has 1 atom stereocenters. The van der Waals surface area contributed by atoms with E-state index in [1.807, 2.05) is 18.2 Å². The molecule has 0 saturated heterocycles. The fraction of sp³-hybridized carbons (Fsp3) is 0.278. The zero-order chi connectivity index (χ0) is 16.9. The second-order valence-electron chi connectivity index (χ2n) is 5.56. The summed E-state index contributed by atoms with van der Waals surface area (Å²) in [6.45, 7) is 0.406. The molecule has 0 spiro atoms. The molecule has 0 aromatic heterocycles. The summed E-state index contributed by atoms with van der Waals surface area (Å²) >= 11 is 5.81. The summed E-state index contributed by atoms with van der Waals surface area (Å²) in [6, 6.07) is 12.6. The predicted octanol–water partition coefficient (Wildman–Crippen LogP) is 2.85. The highest BCUT2D eigenvalue weighted by molar-refractivity contribution is 6.30. The number of hydrogen-bond donors (Lipinski definition) is 2. The van der Waals surface area contributed by atoms with Crippen molar-refractivity contribution in [2.45, 2.75) is 18.9 Å². The lowest BCUT2D eigenvalue weighted by molar-refractivity contribution is -0.121. The third-order valence-corrected chi connectivity index (χ3v) is 4.08. The Kier molecular flexibility index (Phi) is 5.23. The number of fused-ring (bicyclic) bond motifs is 1. The van der Waals surface area contributed by atoms with Crippen LogP contribution in [0.4, 0.5) is 0 Å². The number of carbonyl (C=O) groups excluding carboxylic acids is 1. The zero-order valence-electron chi connectivity index (χ0n) is 13.0. The minimum Gasteiger partial charge on any atom is -0.454 e. The molecule has 2 aromatic rings. The molecule has 0 aliphatic carbocycles. The van der Waals surface area contributed by atoms with E-state index in [4.69, 9.17) is 21.1 Å². The van der Waals surface area contributed by atoms with Crippen molar-refractivity contribution < 1.29 is 19.4 Å². The maximum Gasteiger partial charge on any atom is 0.231 e. The van der Waals surface area contributed by atoms with Crippen LogP contribution in [0, 0.1) is 0 Å². The maximum absolute atomic E-state index is 11.9. The van der Waals surface area contributed by atoms with E-state index < -0.39 is 6.10 Å². The molecule has 1 heterocycles. The van der Waals surface area contributed by atoms with Gasteiger partial charge < -0.3 is 19.9 Å². The average molecular weight is 348 g/mol. The molecule has 0 radical (unpaired) electrons. The molecule has 126 valence electrons. The van der Waals surface area contributed by atoms with Gasteiger partial charge in [-0.05, 0) is 41.8 Å². The van der Waals surface area contributed by atoms with Gasteiger partial charge in [-0.3, -0.25) is 4.79 Å². The lowest BCUT2D eigenvalue weighted by atomic mass is 10.1. The van der Waals surface area contributed by atoms with Gasteiger partial charge >= 0.3 is 0 Å². The largest absolute Gasteiger partial charge is 0.454 e. The number of aliphatic hydroxyl groups excluding tert-OH is 1. The zero-order valence-corrected chi connectivity index (χ0v) is 13.8. The van der Waals surface area contributed by atoms with Crippen LogP contribution >= 0.6 is 11.6 Å². The number of aliphatic hydroxyl groups is 1. The monoisotopic (exact) mass is 347 g/mol. The molecule has 24 heavy (non-hydrogen) atoms. The molecule has 1 amide bonds. The van der Waals surface area contributed by atoms with Crippen LogP contribution < -0.4 is 14.8 Å². The van der Waals surface area contributed by atoms with Gasteiger partial charge in [0.2, 0.25) is 12.7 Å². The predicted molar refractivity (Wildman–Crippen MR) is 90.3 cm³/mol. The number of aryl methyl sites for hydroxylation is 1. The standard InChI is InChI=1S/C18H18ClNO4/c19-14-5-3-13(4-6-14)15(21)10-20-18(22)8-2-12-1-7-16-17(9-12)24-11-23-16/h1,3-7,9,15,21H,2,8,10-11H2,(H,20,22)/t15-/m1/s1. The SMILES string of the molecule is O=C(CCc1ccc2c(c1)OCO2)NC[C@@H](O)c1ccc(Cl)cc1. The highest BCUT2D eigenvalue weighted by Gasteiger charge is 2.14. The average Bonchev–Trinajstić information content (AvgIpc) is 3.06. The molecule has 1 aliphatic heterocycles. The molecule has 1 aliphatic rings. The van der Waals surface area contributed by atoms with Gasteiger partial charge in [0.05, 0.1) is 6.10 Å². The van der Waals surface area contributed by atoms with Crippen molar-refractivity contribution in [2.75, 3.05) is 13.3 Å². The minimum atomic E-state index is -0.753. The quantitative estimate of drug-likeness (QED) is 0.843. The summed E-state index contributed by atoms with van der Waals surface area (Å²) in [5.74, 6) is 1.33. The van der Waals surface area contributed by atoms with Crippen LogP contribution in [0.5, 0.6) is 11.5 Å². The molecule has 0 unspecified atom stereocenters. The van der Waals surface area contributed by atoms with E-state index >= 15 is 0 Å². The van der Waals surface area contributed by atoms with Crippen molar-refractivity contribution in [3.63, 3.8) is 0 Å². The van der Waals surface area contributed by atoms with Gasteiger partial charge in [-0.15, -0.1) is 0 Å². The number of rotatable bonds is 6. The van der Waals surface area contributed by atoms with Crippen molar-refractivity contribution in [2.24, 2.45) is 0 Å². The van der Waals surface area contributed by atoms with Gasteiger partial charge in [0.25, 0.3) is 0 Å². The minimum absolute atomic E-state index is 0.110. The van der Waals surface area contributed by atoms with Crippen LogP contribution in [-0.2, 0) is 11.2 Å². The van der Waals surface area contributed by atoms with E-state index in [1.54, 1.807) is 24.3 Å². The van der Waals surface area contributed by atoms with E-state index in [2.05, 4.69) is 5.32 Å². The first-order valence-electron chi connectivity index (χ1n) is 7.70. The van der Waals surface area contributed by atoms with E-state index in [-0.39, 0.29) is 19.2 Å². The summed E-state index contributed by atoms with van der Waals surface area (Å²) in [6.07, 6.45) is 0.184. The van der Waals surface area contributed by atoms with Crippen molar-refractivity contribution >= 4 is 17.5 Å². The number of nitrogens with one attached hydrogen (secondary N) is 1. The molecule has 2 aromatic carbocycles. The van der Waals surface area contributed by atoms with Gasteiger partial charge in [-0.1, -0.05) is 29.8 Å². The van der Waals surface area contributed by atoms with Crippen LogP contribution in [-0.4, -0.2) is 24.4 Å². The van der Waals surface area contributed by atoms with Crippen LogP contribution in [0.15, 0.2) is 42.5 Å². The molecule has 0 saturated carbocycles. The Balaban J connectivity index is 1.45. The van der Waals surface area contributed by atoms with Crippen molar-refractivity contribution in [3.05, 3.63) is 58.6 Å². The first kappa shape index (κ1) is 16.6. The third-order valence-electron chi connectivity index (χ3n) is 3.83.